The summed E-state index contributed by atoms with van der Waals surface area (Å²) >= 11 is 0. The molecule has 1 saturated heterocycles. The molecule has 1 unspecified atom stereocenters. The van der Waals surface area contributed by atoms with Crippen LogP contribution in [0.4, 0.5) is 5.82 Å². The zero-order valence-electron chi connectivity index (χ0n) is 14.5. The van der Waals surface area contributed by atoms with E-state index in [1.54, 1.807) is 10.9 Å². The topological polar surface area (TPSA) is 80.1 Å². The van der Waals surface area contributed by atoms with Crippen molar-refractivity contribution in [3.8, 4) is 11.1 Å². The summed E-state index contributed by atoms with van der Waals surface area (Å²) in [6.07, 6.45) is 7.39. The van der Waals surface area contributed by atoms with Crippen molar-refractivity contribution in [1.82, 2.24) is 19.5 Å². The number of hydrogen-bond donors (Lipinski definition) is 1. The molecule has 1 N–H and O–H groups in total. The first kappa shape index (κ1) is 16.2. The van der Waals surface area contributed by atoms with Crippen molar-refractivity contribution in [3.05, 3.63) is 48.8 Å². The molecule has 3 aromatic rings. The van der Waals surface area contributed by atoms with Gasteiger partial charge in [-0.3, -0.25) is 9.52 Å². The number of aromatic nitrogens is 3. The number of amides is 1. The summed E-state index contributed by atoms with van der Waals surface area (Å²) in [5, 5.41) is 5.56. The van der Waals surface area contributed by atoms with Crippen LogP contribution in [0.1, 0.15) is 12.8 Å². The maximum absolute atomic E-state index is 12.0. The smallest absolute Gasteiger partial charge is 0.258 e. The summed E-state index contributed by atoms with van der Waals surface area (Å²) in [5.74, 6) is 0.658. The van der Waals surface area contributed by atoms with Gasteiger partial charge in [0.15, 0.2) is 16.0 Å². The Bertz CT molecular complexity index is 1100. The molecule has 27 heavy (non-hydrogen) atoms. The van der Waals surface area contributed by atoms with Gasteiger partial charge in [0.1, 0.15) is 5.82 Å². The molecule has 0 aliphatic carbocycles. The number of carbonyl (C=O) groups is 1. The summed E-state index contributed by atoms with van der Waals surface area (Å²) in [6, 6.07) is 10.1. The molecule has 8 heteroatoms. The van der Waals surface area contributed by atoms with Gasteiger partial charge in [-0.1, -0.05) is 6.07 Å². The number of hydrogen-bond acceptors (Lipinski definition) is 5. The Balaban J connectivity index is 1.48. The largest absolute Gasteiger partial charge is 0.357 e. The Labute approximate surface area is 158 Å². The molecular weight excluding hydrogens is 362 g/mol. The highest BCUT2D eigenvalue weighted by atomic mass is 32.2. The SMILES string of the molecule is O=C1C=C(n2ncc3cc(-c4ccc(N5CCCC5)nc4)ccc32)S(=O)N1. The van der Waals surface area contributed by atoms with Gasteiger partial charge in [-0.25, -0.2) is 13.9 Å². The van der Waals surface area contributed by atoms with Crippen LogP contribution in [0.3, 0.4) is 0 Å². The number of carbonyl (C=O) groups excluding carboxylic acids is 1. The van der Waals surface area contributed by atoms with Crippen LogP contribution in [-0.4, -0.2) is 38.0 Å². The van der Waals surface area contributed by atoms with Crippen molar-refractivity contribution in [2.45, 2.75) is 12.8 Å². The van der Waals surface area contributed by atoms with Crippen molar-refractivity contribution < 1.29 is 9.00 Å². The number of fused-ring (bicyclic) bond motifs is 1. The second kappa shape index (κ2) is 6.31. The van der Waals surface area contributed by atoms with Crippen LogP contribution in [0.5, 0.6) is 0 Å². The summed E-state index contributed by atoms with van der Waals surface area (Å²) in [5.41, 5.74) is 2.88. The average molecular weight is 379 g/mol. The minimum atomic E-state index is -1.57. The highest BCUT2D eigenvalue weighted by Crippen LogP contribution is 2.28. The molecule has 7 nitrogen and oxygen atoms in total. The Morgan fingerprint density at radius 3 is 2.56 bits per heavy atom. The molecule has 0 spiro atoms. The van der Waals surface area contributed by atoms with Crippen molar-refractivity contribution in [2.75, 3.05) is 18.0 Å². The van der Waals surface area contributed by atoms with Crippen LogP contribution in [0, 0.1) is 0 Å². The molecule has 0 bridgehead atoms. The van der Waals surface area contributed by atoms with Gasteiger partial charge in [-0.2, -0.15) is 5.10 Å². The monoisotopic (exact) mass is 379 g/mol. The van der Waals surface area contributed by atoms with E-state index in [1.165, 1.54) is 18.9 Å². The molecule has 136 valence electrons. The molecule has 1 atom stereocenters. The predicted molar refractivity (Wildman–Crippen MR) is 105 cm³/mol. The summed E-state index contributed by atoms with van der Waals surface area (Å²) in [6.45, 7) is 2.15. The van der Waals surface area contributed by atoms with E-state index < -0.39 is 11.0 Å². The molecule has 1 fully saturated rings. The standard InChI is InChI=1S/C19H17N5O2S/c25-18-10-19(27(26)22-18)24-16-5-3-13(9-15(16)12-21-24)14-4-6-17(20-11-14)23-7-1-2-8-23/h3-6,9-12H,1-2,7-8H2,(H,22,25). The summed E-state index contributed by atoms with van der Waals surface area (Å²) in [7, 11) is -1.57. The van der Waals surface area contributed by atoms with Crippen molar-refractivity contribution in [3.63, 3.8) is 0 Å². The Hall–Kier alpha value is -3.00. The predicted octanol–water partition coefficient (Wildman–Crippen LogP) is 2.29. The molecule has 1 amide bonds. The minimum absolute atomic E-state index is 0.347. The fourth-order valence-corrected chi connectivity index (χ4v) is 4.42. The van der Waals surface area contributed by atoms with Crippen LogP contribution < -0.4 is 9.62 Å². The van der Waals surface area contributed by atoms with Gasteiger partial charge in [-0.05, 0) is 42.7 Å². The van der Waals surface area contributed by atoms with Gasteiger partial charge >= 0.3 is 0 Å². The molecule has 1 aromatic carbocycles. The summed E-state index contributed by atoms with van der Waals surface area (Å²) < 4.78 is 15.9. The first-order valence-corrected chi connectivity index (χ1v) is 9.98. The Kier molecular flexibility index (Phi) is 3.78. The molecule has 0 saturated carbocycles. The van der Waals surface area contributed by atoms with Gasteiger partial charge in [0.05, 0.1) is 11.7 Å². The maximum atomic E-state index is 12.0. The second-order valence-electron chi connectivity index (χ2n) is 6.65. The van der Waals surface area contributed by atoms with Gasteiger partial charge in [0, 0.05) is 36.3 Å². The van der Waals surface area contributed by atoms with Gasteiger partial charge in [0.25, 0.3) is 5.91 Å². The fourth-order valence-electron chi connectivity index (χ4n) is 3.56. The van der Waals surface area contributed by atoms with E-state index in [0.29, 0.717) is 5.03 Å². The Morgan fingerprint density at radius 1 is 1.04 bits per heavy atom. The molecule has 2 aliphatic heterocycles. The van der Waals surface area contributed by atoms with Crippen molar-refractivity contribution in [2.24, 2.45) is 0 Å². The molecule has 0 radical (unpaired) electrons. The lowest BCUT2D eigenvalue weighted by molar-refractivity contribution is -0.114. The number of nitrogens with one attached hydrogen (secondary N) is 1. The number of nitrogens with zero attached hydrogens (tertiary/aromatic N) is 4. The van der Waals surface area contributed by atoms with E-state index >= 15 is 0 Å². The number of benzene rings is 1. The van der Waals surface area contributed by atoms with E-state index in [0.717, 1.165) is 40.9 Å². The van der Waals surface area contributed by atoms with E-state index in [-0.39, 0.29) is 5.91 Å². The Morgan fingerprint density at radius 2 is 1.85 bits per heavy atom. The lowest BCUT2D eigenvalue weighted by atomic mass is 10.1. The van der Waals surface area contributed by atoms with Gasteiger partial charge in [-0.15, -0.1) is 0 Å². The van der Waals surface area contributed by atoms with E-state index in [2.05, 4.69) is 31.8 Å². The molecule has 2 aromatic heterocycles. The first-order chi connectivity index (χ1) is 13.2. The third kappa shape index (κ3) is 2.82. The molecule has 2 aliphatic rings. The number of pyridine rings is 1. The number of anilines is 1. The lowest BCUT2D eigenvalue weighted by Gasteiger charge is -2.16. The number of rotatable bonds is 3. The van der Waals surface area contributed by atoms with Crippen LogP contribution in [0.15, 0.2) is 48.8 Å². The normalized spacial score (nSPS) is 19.6. The van der Waals surface area contributed by atoms with Crippen LogP contribution in [0.2, 0.25) is 0 Å². The van der Waals surface area contributed by atoms with E-state index in [9.17, 15) is 9.00 Å². The van der Waals surface area contributed by atoms with Crippen LogP contribution in [-0.2, 0) is 15.8 Å². The first-order valence-electron chi connectivity index (χ1n) is 8.83. The van der Waals surface area contributed by atoms with E-state index in [1.807, 2.05) is 24.4 Å². The maximum Gasteiger partial charge on any atom is 0.258 e. The quantitative estimate of drug-likeness (QED) is 0.755. The van der Waals surface area contributed by atoms with Gasteiger partial charge in [0.2, 0.25) is 0 Å². The van der Waals surface area contributed by atoms with Crippen LogP contribution >= 0.6 is 0 Å². The lowest BCUT2D eigenvalue weighted by Crippen LogP contribution is -2.18. The molecule has 5 rings (SSSR count). The third-order valence-electron chi connectivity index (χ3n) is 4.93. The zero-order chi connectivity index (χ0) is 18.4. The van der Waals surface area contributed by atoms with E-state index in [4.69, 9.17) is 0 Å². The van der Waals surface area contributed by atoms with Gasteiger partial charge < -0.3 is 4.90 Å². The summed E-state index contributed by atoms with van der Waals surface area (Å²) in [4.78, 5) is 18.3. The third-order valence-corrected chi connectivity index (χ3v) is 5.98. The molecular formula is C19H17N5O2S. The van der Waals surface area contributed by atoms with Crippen molar-refractivity contribution >= 4 is 38.6 Å². The highest BCUT2D eigenvalue weighted by molar-refractivity contribution is 7.93. The molecule has 4 heterocycles. The zero-order valence-corrected chi connectivity index (χ0v) is 15.3. The average Bonchev–Trinajstić information content (AvgIpc) is 3.41. The second-order valence-corrected chi connectivity index (χ2v) is 7.81. The highest BCUT2D eigenvalue weighted by Gasteiger charge is 2.23. The fraction of sp³-hybridized carbons (Fsp3) is 0.211. The van der Waals surface area contributed by atoms with Crippen LogP contribution in [0.25, 0.3) is 27.1 Å². The van der Waals surface area contributed by atoms with Crippen molar-refractivity contribution in [1.29, 1.82) is 0 Å². The minimum Gasteiger partial charge on any atom is -0.357 e.